The molecule has 0 radical (unpaired) electrons. The summed E-state index contributed by atoms with van der Waals surface area (Å²) in [5.74, 6) is -1.75. The Hall–Kier alpha value is -3.17. The van der Waals surface area contributed by atoms with Gasteiger partial charge in [-0.05, 0) is 31.4 Å². The first-order chi connectivity index (χ1) is 12.8. The van der Waals surface area contributed by atoms with Crippen LogP contribution in [0, 0.1) is 0 Å². The van der Waals surface area contributed by atoms with E-state index < -0.39 is 12.1 Å². The first kappa shape index (κ1) is 18.6. The molecule has 2 aromatic rings. The molecular formula is C17H17F3N6O. The van der Waals surface area contributed by atoms with E-state index in [2.05, 4.69) is 32.3 Å². The van der Waals surface area contributed by atoms with Gasteiger partial charge in [0.2, 0.25) is 5.95 Å². The summed E-state index contributed by atoms with van der Waals surface area (Å²) in [6.45, 7) is 3.55. The lowest BCUT2D eigenvalue weighted by Gasteiger charge is -2.42. The normalized spacial score (nSPS) is 15.4. The van der Waals surface area contributed by atoms with Crippen molar-refractivity contribution < 1.29 is 18.0 Å². The van der Waals surface area contributed by atoms with E-state index in [0.29, 0.717) is 11.5 Å². The van der Waals surface area contributed by atoms with Crippen LogP contribution in [0.2, 0.25) is 0 Å². The Labute approximate surface area is 153 Å². The molecule has 2 heterocycles. The summed E-state index contributed by atoms with van der Waals surface area (Å²) >= 11 is 0. The molecule has 0 spiro atoms. The van der Waals surface area contributed by atoms with Gasteiger partial charge in [0, 0.05) is 24.2 Å². The number of aromatic nitrogens is 3. The monoisotopic (exact) mass is 378 g/mol. The van der Waals surface area contributed by atoms with Crippen molar-refractivity contribution in [3.05, 3.63) is 54.6 Å². The number of carbonyl (C=O) groups excluding carboxylic acids is 1. The third kappa shape index (κ3) is 4.15. The number of amides is 1. The van der Waals surface area contributed by atoms with Gasteiger partial charge in [0.15, 0.2) is 0 Å². The summed E-state index contributed by atoms with van der Waals surface area (Å²) < 4.78 is 36.5. The van der Waals surface area contributed by atoms with Crippen molar-refractivity contribution in [1.82, 2.24) is 25.8 Å². The molecule has 3 rings (SSSR count). The van der Waals surface area contributed by atoms with Crippen molar-refractivity contribution >= 4 is 17.6 Å². The van der Waals surface area contributed by atoms with Crippen LogP contribution >= 0.6 is 0 Å². The predicted octanol–water partition coefficient (Wildman–Crippen LogP) is 2.52. The fraction of sp³-hybridized carbons (Fsp3) is 0.294. The summed E-state index contributed by atoms with van der Waals surface area (Å²) in [7, 11) is 0. The molecule has 1 aliphatic rings. The number of rotatable bonds is 6. The number of anilines is 1. The largest absolute Gasteiger partial charge is 0.472 e. The van der Waals surface area contributed by atoms with E-state index in [1.54, 1.807) is 6.20 Å². The number of hydrogen-bond acceptors (Lipinski definition) is 6. The highest BCUT2D eigenvalue weighted by Crippen LogP contribution is 2.42. The topological polar surface area (TPSA) is 91.8 Å². The molecule has 2 aromatic heterocycles. The summed E-state index contributed by atoms with van der Waals surface area (Å²) in [6, 6.07) is 5.70. The van der Waals surface area contributed by atoms with Crippen molar-refractivity contribution in [2.75, 3.05) is 5.32 Å². The lowest BCUT2D eigenvalue weighted by Crippen LogP contribution is -2.44. The molecule has 1 aliphatic carbocycles. The molecule has 0 bridgehead atoms. The zero-order chi connectivity index (χ0) is 19.5. The Bertz CT molecular complexity index is 819. The van der Waals surface area contributed by atoms with E-state index in [1.165, 1.54) is 17.8 Å². The highest BCUT2D eigenvalue weighted by molar-refractivity contribution is 5.82. The van der Waals surface area contributed by atoms with Gasteiger partial charge < -0.3 is 5.32 Å². The van der Waals surface area contributed by atoms with Crippen LogP contribution in [0.4, 0.5) is 19.1 Å². The molecular weight excluding hydrogens is 361 g/mol. The predicted molar refractivity (Wildman–Crippen MR) is 91.8 cm³/mol. The zero-order valence-corrected chi connectivity index (χ0v) is 14.2. The molecule has 0 aromatic carbocycles. The van der Waals surface area contributed by atoms with Crippen molar-refractivity contribution in [1.29, 1.82) is 0 Å². The Morgan fingerprint density at radius 3 is 2.33 bits per heavy atom. The number of nitrogens with one attached hydrogen (secondary N) is 3. The van der Waals surface area contributed by atoms with Crippen LogP contribution in [-0.4, -0.2) is 27.0 Å². The number of alkyl halides is 3. The number of halogens is 3. The second-order valence-corrected chi connectivity index (χ2v) is 6.13. The van der Waals surface area contributed by atoms with Crippen LogP contribution in [0.5, 0.6) is 0 Å². The molecule has 142 valence electrons. The molecule has 7 nitrogen and oxygen atoms in total. The molecule has 0 saturated heterocycles. The average Bonchev–Trinajstić information content (AvgIpc) is 2.63. The minimum absolute atomic E-state index is 0.0298. The molecule has 1 saturated carbocycles. The van der Waals surface area contributed by atoms with E-state index in [9.17, 15) is 18.0 Å². The highest BCUT2D eigenvalue weighted by atomic mass is 19.4. The lowest BCUT2D eigenvalue weighted by atomic mass is 9.74. The number of hydrogen-bond donors (Lipinski definition) is 3. The molecule has 1 amide bonds. The molecule has 0 aliphatic heterocycles. The summed E-state index contributed by atoms with van der Waals surface area (Å²) in [6.07, 6.45) is 2.39. The minimum Gasteiger partial charge on any atom is -0.343 e. The molecule has 0 unspecified atom stereocenters. The number of pyridine rings is 1. The van der Waals surface area contributed by atoms with Gasteiger partial charge in [0.25, 0.3) is 0 Å². The molecule has 3 N–H and O–H groups in total. The van der Waals surface area contributed by atoms with Gasteiger partial charge >= 0.3 is 12.1 Å². The van der Waals surface area contributed by atoms with E-state index in [0.717, 1.165) is 25.0 Å². The maximum absolute atomic E-state index is 12.2. The maximum Gasteiger partial charge on any atom is 0.472 e. The fourth-order valence-corrected chi connectivity index (χ4v) is 2.66. The molecule has 27 heavy (non-hydrogen) atoms. The van der Waals surface area contributed by atoms with Crippen LogP contribution in [0.3, 0.4) is 0 Å². The van der Waals surface area contributed by atoms with Gasteiger partial charge in [0.1, 0.15) is 0 Å². The number of carbonyl (C=O) groups is 1. The smallest absolute Gasteiger partial charge is 0.343 e. The van der Waals surface area contributed by atoms with Crippen molar-refractivity contribution in [2.24, 2.45) is 0 Å². The second kappa shape index (κ2) is 7.22. The summed E-state index contributed by atoms with van der Waals surface area (Å²) in [5, 5.41) is 3.29. The Morgan fingerprint density at radius 1 is 1.11 bits per heavy atom. The third-order valence-corrected chi connectivity index (χ3v) is 4.30. The Balaban J connectivity index is 1.63. The SMILES string of the molecule is C=C(NNC(=O)C(F)(F)F)c1cnc(NC2(c3ccccn3)CCC2)nc1. The second-order valence-electron chi connectivity index (χ2n) is 6.13. The van der Waals surface area contributed by atoms with Gasteiger partial charge in [-0.3, -0.25) is 20.6 Å². The van der Waals surface area contributed by atoms with Gasteiger partial charge in [-0.2, -0.15) is 13.2 Å². The van der Waals surface area contributed by atoms with Crippen LogP contribution in [0.1, 0.15) is 30.5 Å². The van der Waals surface area contributed by atoms with Crippen LogP contribution in [0.25, 0.3) is 5.70 Å². The van der Waals surface area contributed by atoms with Crippen LogP contribution in [0.15, 0.2) is 43.4 Å². The van der Waals surface area contributed by atoms with E-state index >= 15 is 0 Å². The van der Waals surface area contributed by atoms with Gasteiger partial charge in [-0.1, -0.05) is 12.6 Å². The van der Waals surface area contributed by atoms with Crippen molar-refractivity contribution in [2.45, 2.75) is 31.0 Å². The van der Waals surface area contributed by atoms with Gasteiger partial charge in [0.05, 0.1) is 16.9 Å². The highest BCUT2D eigenvalue weighted by Gasteiger charge is 2.40. The van der Waals surface area contributed by atoms with Crippen molar-refractivity contribution in [3.63, 3.8) is 0 Å². The molecule has 1 fully saturated rings. The maximum atomic E-state index is 12.2. The summed E-state index contributed by atoms with van der Waals surface area (Å²) in [5.41, 5.74) is 4.57. The first-order valence-corrected chi connectivity index (χ1v) is 8.14. The summed E-state index contributed by atoms with van der Waals surface area (Å²) in [4.78, 5) is 23.6. The number of nitrogens with zero attached hydrogens (tertiary/aromatic N) is 3. The van der Waals surface area contributed by atoms with E-state index in [4.69, 9.17) is 0 Å². The fourth-order valence-electron chi connectivity index (χ4n) is 2.66. The van der Waals surface area contributed by atoms with Gasteiger partial charge in [-0.15, -0.1) is 0 Å². The Morgan fingerprint density at radius 2 is 1.81 bits per heavy atom. The van der Waals surface area contributed by atoms with Gasteiger partial charge in [-0.25, -0.2) is 9.97 Å². The molecule has 10 heteroatoms. The van der Waals surface area contributed by atoms with E-state index in [1.807, 2.05) is 18.2 Å². The average molecular weight is 378 g/mol. The van der Waals surface area contributed by atoms with E-state index in [-0.39, 0.29) is 11.2 Å². The van der Waals surface area contributed by atoms with Crippen LogP contribution < -0.4 is 16.2 Å². The first-order valence-electron chi connectivity index (χ1n) is 8.14. The van der Waals surface area contributed by atoms with Crippen LogP contribution in [-0.2, 0) is 10.3 Å². The standard InChI is InChI=1S/C17H17F3N6O/c1-11(25-26-14(27)17(18,19)20)12-9-22-15(23-10-12)24-16(6-4-7-16)13-5-2-3-8-21-13/h2-3,5,8-10,25H,1,4,6-7H2,(H,26,27)(H,22,23,24). The minimum atomic E-state index is -4.99. The zero-order valence-electron chi connectivity index (χ0n) is 14.2. The quantitative estimate of drug-likeness (QED) is 0.669. The molecule has 0 atom stereocenters. The lowest BCUT2D eigenvalue weighted by molar-refractivity contribution is -0.174. The Kier molecular flexibility index (Phi) is 4.98. The number of hydrazine groups is 1. The van der Waals surface area contributed by atoms with Crippen molar-refractivity contribution in [3.8, 4) is 0 Å². The third-order valence-electron chi connectivity index (χ3n) is 4.30.